The summed E-state index contributed by atoms with van der Waals surface area (Å²) in [7, 11) is 0. The molecule has 3 heterocycles. The van der Waals surface area contributed by atoms with Crippen LogP contribution in [0.1, 0.15) is 43.6 Å². The standard InChI is InChI=1S/C17H25N5O2/c1-4-5-6-15(17(23)19-16-7-13(3)24-20-16)21-10-14(11-21)22-9-12(2)8-18-22/h7-9,14-15H,4-6,10-11H2,1-3H3,(H,19,20,23). The zero-order valence-electron chi connectivity index (χ0n) is 14.5. The van der Waals surface area contributed by atoms with E-state index in [-0.39, 0.29) is 11.9 Å². The highest BCUT2D eigenvalue weighted by Gasteiger charge is 2.37. The molecule has 1 amide bonds. The van der Waals surface area contributed by atoms with Crippen LogP contribution in [-0.4, -0.2) is 44.9 Å². The van der Waals surface area contributed by atoms with Crippen molar-refractivity contribution >= 4 is 11.7 Å². The summed E-state index contributed by atoms with van der Waals surface area (Å²) in [4.78, 5) is 14.9. The van der Waals surface area contributed by atoms with Gasteiger partial charge in [-0.05, 0) is 25.8 Å². The third kappa shape index (κ3) is 3.67. The maximum atomic E-state index is 12.7. The van der Waals surface area contributed by atoms with Gasteiger partial charge in [-0.3, -0.25) is 14.4 Å². The topological polar surface area (TPSA) is 76.2 Å². The van der Waals surface area contributed by atoms with E-state index in [0.717, 1.165) is 37.9 Å². The van der Waals surface area contributed by atoms with Crippen molar-refractivity contribution in [1.82, 2.24) is 19.8 Å². The van der Waals surface area contributed by atoms with Crippen LogP contribution >= 0.6 is 0 Å². The lowest BCUT2D eigenvalue weighted by molar-refractivity contribution is -0.124. The second kappa shape index (κ2) is 7.17. The van der Waals surface area contributed by atoms with Crippen LogP contribution in [0.2, 0.25) is 0 Å². The molecule has 130 valence electrons. The largest absolute Gasteiger partial charge is 0.360 e. The number of hydrogen-bond acceptors (Lipinski definition) is 5. The Kier molecular flexibility index (Phi) is 4.99. The van der Waals surface area contributed by atoms with Gasteiger partial charge >= 0.3 is 0 Å². The molecule has 24 heavy (non-hydrogen) atoms. The summed E-state index contributed by atoms with van der Waals surface area (Å²) in [5.41, 5.74) is 1.16. The van der Waals surface area contributed by atoms with Crippen molar-refractivity contribution in [3.05, 3.63) is 29.8 Å². The number of amides is 1. The smallest absolute Gasteiger partial charge is 0.242 e. The first-order chi connectivity index (χ1) is 11.6. The molecule has 0 aliphatic carbocycles. The molecule has 7 heteroatoms. The van der Waals surface area contributed by atoms with Crippen LogP contribution in [0, 0.1) is 13.8 Å². The van der Waals surface area contributed by atoms with Crippen LogP contribution < -0.4 is 5.32 Å². The monoisotopic (exact) mass is 331 g/mol. The minimum atomic E-state index is -0.130. The van der Waals surface area contributed by atoms with Crippen molar-refractivity contribution in [2.24, 2.45) is 0 Å². The van der Waals surface area contributed by atoms with Crippen LogP contribution in [0.5, 0.6) is 0 Å². The van der Waals surface area contributed by atoms with Crippen molar-refractivity contribution in [1.29, 1.82) is 0 Å². The van der Waals surface area contributed by atoms with Crippen molar-refractivity contribution in [2.45, 2.75) is 52.1 Å². The fourth-order valence-electron chi connectivity index (χ4n) is 3.05. The van der Waals surface area contributed by atoms with Crippen molar-refractivity contribution in [3.63, 3.8) is 0 Å². The van der Waals surface area contributed by atoms with E-state index in [1.165, 1.54) is 0 Å². The number of rotatable bonds is 7. The van der Waals surface area contributed by atoms with E-state index in [9.17, 15) is 4.79 Å². The third-order valence-electron chi connectivity index (χ3n) is 4.45. The Labute approximate surface area is 142 Å². The first-order valence-corrected chi connectivity index (χ1v) is 8.55. The van der Waals surface area contributed by atoms with E-state index in [2.05, 4.69) is 33.6 Å². The molecule has 0 radical (unpaired) electrons. The van der Waals surface area contributed by atoms with Gasteiger partial charge in [0.2, 0.25) is 5.91 Å². The highest BCUT2D eigenvalue weighted by atomic mass is 16.5. The summed E-state index contributed by atoms with van der Waals surface area (Å²) in [5.74, 6) is 1.17. The number of aromatic nitrogens is 3. The molecule has 0 saturated carbocycles. The number of carbonyl (C=O) groups excluding carboxylic acids is 1. The Morgan fingerprint density at radius 2 is 2.25 bits per heavy atom. The summed E-state index contributed by atoms with van der Waals surface area (Å²) in [6, 6.07) is 1.96. The zero-order chi connectivity index (χ0) is 17.1. The number of carbonyl (C=O) groups is 1. The van der Waals surface area contributed by atoms with Crippen LogP contribution in [0.25, 0.3) is 0 Å². The van der Waals surface area contributed by atoms with Gasteiger partial charge in [0, 0.05) is 25.4 Å². The number of nitrogens with one attached hydrogen (secondary N) is 1. The number of unbranched alkanes of at least 4 members (excludes halogenated alkanes) is 1. The van der Waals surface area contributed by atoms with Crippen molar-refractivity contribution < 1.29 is 9.32 Å². The molecule has 0 spiro atoms. The zero-order valence-corrected chi connectivity index (χ0v) is 14.5. The summed E-state index contributed by atoms with van der Waals surface area (Å²) >= 11 is 0. The number of likely N-dealkylation sites (tertiary alicyclic amines) is 1. The lowest BCUT2D eigenvalue weighted by atomic mass is 10.0. The Morgan fingerprint density at radius 1 is 1.46 bits per heavy atom. The Bertz CT molecular complexity index is 687. The van der Waals surface area contributed by atoms with E-state index in [1.54, 1.807) is 6.07 Å². The van der Waals surface area contributed by atoms with Gasteiger partial charge in [0.25, 0.3) is 0 Å². The molecule has 0 bridgehead atoms. The van der Waals surface area contributed by atoms with Gasteiger partial charge in [0.1, 0.15) is 5.76 Å². The van der Waals surface area contributed by atoms with Gasteiger partial charge in [-0.2, -0.15) is 5.10 Å². The predicted octanol–water partition coefficient (Wildman–Crippen LogP) is 2.54. The number of hydrogen-bond donors (Lipinski definition) is 1. The molecule has 2 aromatic heterocycles. The lowest BCUT2D eigenvalue weighted by Crippen LogP contribution is -2.56. The highest BCUT2D eigenvalue weighted by molar-refractivity contribution is 5.94. The van der Waals surface area contributed by atoms with Gasteiger partial charge in [-0.1, -0.05) is 24.9 Å². The van der Waals surface area contributed by atoms with Gasteiger partial charge in [-0.25, -0.2) is 0 Å². The van der Waals surface area contributed by atoms with Crippen molar-refractivity contribution in [3.8, 4) is 0 Å². The van der Waals surface area contributed by atoms with E-state index in [0.29, 0.717) is 17.6 Å². The van der Waals surface area contributed by atoms with Crippen LogP contribution in [-0.2, 0) is 4.79 Å². The molecule has 1 saturated heterocycles. The summed E-state index contributed by atoms with van der Waals surface area (Å²) in [5, 5.41) is 11.1. The fraction of sp³-hybridized carbons (Fsp3) is 0.588. The second-order valence-corrected chi connectivity index (χ2v) is 6.58. The minimum Gasteiger partial charge on any atom is -0.360 e. The average molecular weight is 331 g/mol. The maximum absolute atomic E-state index is 12.7. The maximum Gasteiger partial charge on any atom is 0.242 e. The average Bonchev–Trinajstić information content (AvgIpc) is 3.09. The number of nitrogens with zero attached hydrogens (tertiary/aromatic N) is 4. The Hall–Kier alpha value is -2.15. The van der Waals surface area contributed by atoms with E-state index in [1.807, 2.05) is 24.7 Å². The Balaban J connectivity index is 1.60. The normalized spacial score (nSPS) is 16.8. The van der Waals surface area contributed by atoms with Crippen molar-refractivity contribution in [2.75, 3.05) is 18.4 Å². The van der Waals surface area contributed by atoms with E-state index >= 15 is 0 Å². The SMILES string of the molecule is CCCCC(C(=O)Nc1cc(C)on1)N1CC(n2cc(C)cn2)C1. The second-order valence-electron chi connectivity index (χ2n) is 6.58. The third-order valence-corrected chi connectivity index (χ3v) is 4.45. The van der Waals surface area contributed by atoms with Crippen LogP contribution in [0.4, 0.5) is 5.82 Å². The lowest BCUT2D eigenvalue weighted by Gasteiger charge is -2.43. The van der Waals surface area contributed by atoms with E-state index < -0.39 is 0 Å². The molecular formula is C17H25N5O2. The molecule has 7 nitrogen and oxygen atoms in total. The summed E-state index contributed by atoms with van der Waals surface area (Å²) in [6.45, 7) is 7.68. The number of anilines is 1. The van der Waals surface area contributed by atoms with Gasteiger partial charge in [0.15, 0.2) is 5.82 Å². The highest BCUT2D eigenvalue weighted by Crippen LogP contribution is 2.26. The molecule has 1 aliphatic heterocycles. The first-order valence-electron chi connectivity index (χ1n) is 8.55. The quantitative estimate of drug-likeness (QED) is 0.844. The molecule has 2 aromatic rings. The molecule has 1 fully saturated rings. The van der Waals surface area contributed by atoms with Gasteiger partial charge < -0.3 is 9.84 Å². The van der Waals surface area contributed by atoms with Gasteiger partial charge in [-0.15, -0.1) is 0 Å². The molecule has 0 aromatic carbocycles. The molecule has 3 rings (SSSR count). The number of aryl methyl sites for hydroxylation is 2. The van der Waals surface area contributed by atoms with Gasteiger partial charge in [0.05, 0.1) is 18.3 Å². The Morgan fingerprint density at radius 3 is 2.83 bits per heavy atom. The summed E-state index contributed by atoms with van der Waals surface area (Å²) in [6.07, 6.45) is 6.88. The molecule has 1 aliphatic rings. The molecule has 1 N–H and O–H groups in total. The molecule has 1 atom stereocenters. The predicted molar refractivity (Wildman–Crippen MR) is 90.8 cm³/mol. The van der Waals surface area contributed by atoms with Crippen LogP contribution in [0.15, 0.2) is 23.0 Å². The molecular weight excluding hydrogens is 306 g/mol. The first kappa shape index (κ1) is 16.7. The fourth-order valence-corrected chi connectivity index (χ4v) is 3.05. The van der Waals surface area contributed by atoms with E-state index in [4.69, 9.17) is 4.52 Å². The van der Waals surface area contributed by atoms with Crippen LogP contribution in [0.3, 0.4) is 0 Å². The summed E-state index contributed by atoms with van der Waals surface area (Å²) < 4.78 is 7.02. The molecule has 1 unspecified atom stereocenters. The minimum absolute atomic E-state index is 0.00755.